The maximum absolute atomic E-state index is 12.7. The van der Waals surface area contributed by atoms with E-state index < -0.39 is 0 Å². The molecule has 24 heavy (non-hydrogen) atoms. The minimum absolute atomic E-state index is 0.00656. The van der Waals surface area contributed by atoms with Gasteiger partial charge < -0.3 is 9.72 Å². The molecule has 4 nitrogen and oxygen atoms in total. The number of nitrogens with one attached hydrogen (secondary N) is 1. The van der Waals surface area contributed by atoms with Crippen molar-refractivity contribution in [1.82, 2.24) is 4.98 Å². The molecular weight excluding hydrogens is 322 g/mol. The van der Waals surface area contributed by atoms with Crippen molar-refractivity contribution in [1.29, 1.82) is 0 Å². The lowest BCUT2D eigenvalue weighted by atomic mass is 10.1. The predicted octanol–water partition coefficient (Wildman–Crippen LogP) is 4.31. The van der Waals surface area contributed by atoms with Gasteiger partial charge in [-0.2, -0.15) is 0 Å². The lowest BCUT2D eigenvalue weighted by Gasteiger charge is -2.10. The Morgan fingerprint density at radius 3 is 2.50 bits per heavy atom. The number of hydrogen-bond acceptors (Lipinski definition) is 4. The Hall–Kier alpha value is -2.01. The summed E-state index contributed by atoms with van der Waals surface area (Å²) < 4.78 is 5.07. The van der Waals surface area contributed by atoms with Gasteiger partial charge in [-0.05, 0) is 38.8 Å². The van der Waals surface area contributed by atoms with Crippen LogP contribution < -0.4 is 0 Å². The van der Waals surface area contributed by atoms with E-state index in [1.54, 1.807) is 32.5 Å². The first-order valence-corrected chi connectivity index (χ1v) is 9.06. The summed E-state index contributed by atoms with van der Waals surface area (Å²) in [6, 6.07) is 10.1. The quantitative estimate of drug-likeness (QED) is 0.600. The van der Waals surface area contributed by atoms with Crippen molar-refractivity contribution >= 4 is 23.5 Å². The number of ether oxygens (including phenoxy) is 1. The van der Waals surface area contributed by atoms with E-state index in [4.69, 9.17) is 4.74 Å². The number of hydrogen-bond donors (Lipinski definition) is 1. The van der Waals surface area contributed by atoms with Gasteiger partial charge >= 0.3 is 5.97 Å². The van der Waals surface area contributed by atoms with Crippen molar-refractivity contribution in [3.8, 4) is 0 Å². The van der Waals surface area contributed by atoms with Crippen LogP contribution in [0.4, 0.5) is 0 Å². The van der Waals surface area contributed by atoms with Gasteiger partial charge in [0.1, 0.15) is 0 Å². The number of thioether (sulfide) groups is 1. The van der Waals surface area contributed by atoms with Crippen LogP contribution in [0.5, 0.6) is 0 Å². The summed E-state index contributed by atoms with van der Waals surface area (Å²) in [5.41, 5.74) is 3.51. The van der Waals surface area contributed by atoms with Gasteiger partial charge in [0.25, 0.3) is 0 Å². The van der Waals surface area contributed by atoms with E-state index in [1.165, 1.54) is 5.56 Å². The zero-order chi connectivity index (χ0) is 17.7. The lowest BCUT2D eigenvalue weighted by Crippen LogP contribution is -2.16. The van der Waals surface area contributed by atoms with Crippen molar-refractivity contribution in [3.63, 3.8) is 0 Å². The minimum atomic E-state index is -0.382. The summed E-state index contributed by atoms with van der Waals surface area (Å²) in [5, 5.41) is -0.197. The summed E-state index contributed by atoms with van der Waals surface area (Å²) in [7, 11) is 0. The largest absolute Gasteiger partial charge is 0.462 e. The van der Waals surface area contributed by atoms with Crippen LogP contribution in [0.2, 0.25) is 0 Å². The van der Waals surface area contributed by atoms with E-state index in [0.717, 1.165) is 5.75 Å². The van der Waals surface area contributed by atoms with Crippen LogP contribution in [0.25, 0.3) is 0 Å². The normalized spacial score (nSPS) is 12.0. The third kappa shape index (κ3) is 4.09. The summed E-state index contributed by atoms with van der Waals surface area (Å²) in [4.78, 5) is 27.8. The van der Waals surface area contributed by atoms with Gasteiger partial charge in [-0.15, -0.1) is 11.8 Å². The number of aromatic nitrogens is 1. The van der Waals surface area contributed by atoms with E-state index in [-0.39, 0.29) is 17.0 Å². The van der Waals surface area contributed by atoms with E-state index in [9.17, 15) is 9.59 Å². The molecule has 1 atom stereocenters. The number of H-pyrrole nitrogens is 1. The molecule has 0 saturated carbocycles. The highest BCUT2D eigenvalue weighted by molar-refractivity contribution is 7.99. The molecule has 0 aliphatic carbocycles. The SMILES string of the molecule is CCOC(=O)c1c(C)[nH]c(C(=O)[C@@H](C)SCc2ccccc2)c1C. The van der Waals surface area contributed by atoms with Crippen LogP contribution in [0.1, 0.15) is 51.5 Å². The lowest BCUT2D eigenvalue weighted by molar-refractivity contribution is 0.0525. The Labute approximate surface area is 147 Å². The molecule has 128 valence electrons. The number of Topliss-reactive ketones (excluding diaryl/α,β-unsaturated/α-hetero) is 1. The molecule has 2 rings (SSSR count). The molecule has 1 aromatic heterocycles. The van der Waals surface area contributed by atoms with Crippen LogP contribution in [0, 0.1) is 13.8 Å². The number of ketones is 1. The number of esters is 1. The van der Waals surface area contributed by atoms with Gasteiger partial charge in [0.05, 0.1) is 23.1 Å². The number of benzene rings is 1. The molecule has 0 unspecified atom stereocenters. The minimum Gasteiger partial charge on any atom is -0.462 e. The Bertz CT molecular complexity index is 722. The zero-order valence-corrected chi connectivity index (χ0v) is 15.3. The standard InChI is InChI=1S/C19H23NO3S/c1-5-23-19(22)16-12(2)17(20-13(16)3)18(21)14(4)24-11-15-9-7-6-8-10-15/h6-10,14,20H,5,11H2,1-4H3/t14-/m1/s1. The van der Waals surface area contributed by atoms with Crippen molar-refractivity contribution in [3.05, 3.63) is 58.4 Å². The first-order chi connectivity index (χ1) is 11.5. The van der Waals surface area contributed by atoms with Crippen LogP contribution >= 0.6 is 11.8 Å². The van der Waals surface area contributed by atoms with Crippen molar-refractivity contribution in [2.75, 3.05) is 6.61 Å². The summed E-state index contributed by atoms with van der Waals surface area (Å²) in [6.45, 7) is 7.56. The summed E-state index contributed by atoms with van der Waals surface area (Å²) >= 11 is 1.59. The van der Waals surface area contributed by atoms with Crippen LogP contribution in [0.3, 0.4) is 0 Å². The molecule has 0 amide bonds. The predicted molar refractivity (Wildman–Crippen MR) is 97.8 cm³/mol. The molecule has 0 aliphatic rings. The first-order valence-electron chi connectivity index (χ1n) is 8.01. The highest BCUT2D eigenvalue weighted by atomic mass is 32.2. The molecule has 5 heteroatoms. The average molecular weight is 345 g/mol. The topological polar surface area (TPSA) is 59.2 Å². The molecule has 2 aromatic rings. The van der Waals surface area contributed by atoms with Gasteiger partial charge in [-0.1, -0.05) is 30.3 Å². The molecule has 1 heterocycles. The molecule has 0 saturated heterocycles. The number of rotatable bonds is 7. The van der Waals surface area contributed by atoms with Crippen LogP contribution in [0.15, 0.2) is 30.3 Å². The summed E-state index contributed by atoms with van der Waals surface area (Å²) in [6.07, 6.45) is 0. The number of carbonyl (C=O) groups is 2. The second kappa shape index (κ2) is 8.20. The van der Waals surface area contributed by atoms with Crippen LogP contribution in [-0.2, 0) is 10.5 Å². The first kappa shape index (κ1) is 18.3. The Morgan fingerprint density at radius 2 is 1.88 bits per heavy atom. The molecule has 1 aromatic carbocycles. The number of aromatic amines is 1. The van der Waals surface area contributed by atoms with Gasteiger partial charge in [-0.25, -0.2) is 4.79 Å². The third-order valence-electron chi connectivity index (χ3n) is 3.88. The Morgan fingerprint density at radius 1 is 1.21 bits per heavy atom. The molecule has 0 fully saturated rings. The van der Waals surface area contributed by atoms with E-state index in [2.05, 4.69) is 4.98 Å². The Kier molecular flexibility index (Phi) is 6.26. The van der Waals surface area contributed by atoms with E-state index in [0.29, 0.717) is 29.1 Å². The van der Waals surface area contributed by atoms with E-state index in [1.807, 2.05) is 37.3 Å². The molecule has 0 bridgehead atoms. The fourth-order valence-corrected chi connectivity index (χ4v) is 3.48. The fraction of sp³-hybridized carbons (Fsp3) is 0.368. The average Bonchev–Trinajstić information content (AvgIpc) is 2.87. The highest BCUT2D eigenvalue weighted by Gasteiger charge is 2.25. The zero-order valence-electron chi connectivity index (χ0n) is 14.5. The monoisotopic (exact) mass is 345 g/mol. The van der Waals surface area contributed by atoms with Crippen molar-refractivity contribution < 1.29 is 14.3 Å². The maximum Gasteiger partial charge on any atom is 0.340 e. The van der Waals surface area contributed by atoms with Gasteiger partial charge in [0.2, 0.25) is 0 Å². The van der Waals surface area contributed by atoms with Crippen molar-refractivity contribution in [2.24, 2.45) is 0 Å². The van der Waals surface area contributed by atoms with Gasteiger partial charge in [0.15, 0.2) is 5.78 Å². The molecule has 0 aliphatic heterocycles. The Balaban J connectivity index is 2.11. The third-order valence-corrected chi connectivity index (χ3v) is 5.09. The summed E-state index contributed by atoms with van der Waals surface area (Å²) in [5.74, 6) is 0.400. The second-order valence-electron chi connectivity index (χ2n) is 5.65. The highest BCUT2D eigenvalue weighted by Crippen LogP contribution is 2.25. The second-order valence-corrected chi connectivity index (χ2v) is 6.98. The molecular formula is C19H23NO3S. The van der Waals surface area contributed by atoms with E-state index >= 15 is 0 Å². The number of aryl methyl sites for hydroxylation is 1. The van der Waals surface area contributed by atoms with Gasteiger partial charge in [-0.3, -0.25) is 4.79 Å². The van der Waals surface area contributed by atoms with Crippen LogP contribution in [-0.4, -0.2) is 28.6 Å². The maximum atomic E-state index is 12.7. The van der Waals surface area contributed by atoms with Crippen molar-refractivity contribution in [2.45, 2.75) is 38.7 Å². The molecule has 0 radical (unpaired) electrons. The molecule has 0 spiro atoms. The van der Waals surface area contributed by atoms with Gasteiger partial charge in [0, 0.05) is 11.4 Å². The smallest absolute Gasteiger partial charge is 0.340 e. The fourth-order valence-electron chi connectivity index (χ4n) is 2.58. The number of carbonyl (C=O) groups excluding carboxylic acids is 2. The molecule has 1 N–H and O–H groups in total.